The van der Waals surface area contributed by atoms with Gasteiger partial charge in [-0.1, -0.05) is 31.0 Å². The van der Waals surface area contributed by atoms with Crippen LogP contribution in [0.1, 0.15) is 19.8 Å². The van der Waals surface area contributed by atoms with Crippen LogP contribution in [0, 0.1) is 0 Å². The molecular weight excluding hydrogens is 260 g/mol. The van der Waals surface area contributed by atoms with Gasteiger partial charge in [-0.05, 0) is 29.0 Å². The Morgan fingerprint density at radius 3 is 2.70 bits per heavy atom. The lowest BCUT2D eigenvalue weighted by Crippen LogP contribution is -1.81. The smallest absolute Gasteiger partial charge is 0.0514 e. The molecule has 10 heavy (non-hydrogen) atoms. The summed E-state index contributed by atoms with van der Waals surface area (Å²) in [5.74, 6) is 0. The molecule has 0 heterocycles. The van der Waals surface area contributed by atoms with Crippen LogP contribution in [0.2, 0.25) is 0 Å². The lowest BCUT2D eigenvalue weighted by molar-refractivity contribution is 0.957. The largest absolute Gasteiger partial charge is 0.404 e. The predicted molar refractivity (Wildman–Crippen MR) is 55.1 cm³/mol. The highest BCUT2D eigenvalue weighted by atomic mass is 127. The summed E-state index contributed by atoms with van der Waals surface area (Å²) in [5.41, 5.74) is 5.25. The van der Waals surface area contributed by atoms with E-state index in [4.69, 9.17) is 17.3 Å². The van der Waals surface area contributed by atoms with Gasteiger partial charge in [0.2, 0.25) is 0 Å². The van der Waals surface area contributed by atoms with Crippen molar-refractivity contribution in [3.05, 3.63) is 20.9 Å². The second-order valence-electron chi connectivity index (χ2n) is 1.86. The third-order valence-electron chi connectivity index (χ3n) is 0.987. The zero-order valence-corrected chi connectivity index (χ0v) is 8.82. The van der Waals surface area contributed by atoms with Crippen molar-refractivity contribution in [1.82, 2.24) is 0 Å². The second-order valence-corrected chi connectivity index (χ2v) is 3.42. The van der Waals surface area contributed by atoms with Gasteiger partial charge in [0, 0.05) is 9.78 Å². The molecule has 58 valence electrons. The molecule has 0 saturated carbocycles. The maximum Gasteiger partial charge on any atom is 0.0514 e. The average Bonchev–Trinajstić information content (AvgIpc) is 1.98. The first-order chi connectivity index (χ1) is 4.72. The Balaban J connectivity index is 3.93. The van der Waals surface area contributed by atoms with E-state index >= 15 is 0 Å². The van der Waals surface area contributed by atoms with E-state index in [9.17, 15) is 0 Å². The summed E-state index contributed by atoms with van der Waals surface area (Å²) in [5, 5.41) is 0.755. The molecule has 0 spiro atoms. The fraction of sp³-hybridized carbons (Fsp3) is 0.429. The number of hydrogen-bond donors (Lipinski definition) is 1. The molecule has 0 saturated heterocycles. The highest BCUT2D eigenvalue weighted by Gasteiger charge is 1.93. The van der Waals surface area contributed by atoms with Gasteiger partial charge in [-0.15, -0.1) is 0 Å². The SMILES string of the molecule is CCC/C=C(Cl)/C(I)=C\N. The summed E-state index contributed by atoms with van der Waals surface area (Å²) in [6.45, 7) is 2.11. The summed E-state index contributed by atoms with van der Waals surface area (Å²) < 4.78 is 0.910. The number of halogens is 2. The molecule has 0 aliphatic heterocycles. The van der Waals surface area contributed by atoms with Crippen LogP contribution in [-0.4, -0.2) is 0 Å². The zero-order chi connectivity index (χ0) is 7.98. The minimum atomic E-state index is 0.755. The first kappa shape index (κ1) is 10.3. The van der Waals surface area contributed by atoms with Crippen molar-refractivity contribution in [3.8, 4) is 0 Å². The van der Waals surface area contributed by atoms with E-state index in [-0.39, 0.29) is 0 Å². The summed E-state index contributed by atoms with van der Waals surface area (Å²) in [6, 6.07) is 0. The number of nitrogens with two attached hydrogens (primary N) is 1. The van der Waals surface area contributed by atoms with Crippen LogP contribution in [0.25, 0.3) is 0 Å². The van der Waals surface area contributed by atoms with Gasteiger partial charge in [-0.3, -0.25) is 0 Å². The Morgan fingerprint density at radius 1 is 1.70 bits per heavy atom. The fourth-order valence-electron chi connectivity index (χ4n) is 0.448. The highest BCUT2D eigenvalue weighted by molar-refractivity contribution is 14.1. The Hall–Kier alpha value is 0.300. The van der Waals surface area contributed by atoms with Gasteiger partial charge in [0.1, 0.15) is 0 Å². The van der Waals surface area contributed by atoms with E-state index in [0.717, 1.165) is 21.5 Å². The summed E-state index contributed by atoms with van der Waals surface area (Å²) >= 11 is 7.92. The molecule has 1 nitrogen and oxygen atoms in total. The van der Waals surface area contributed by atoms with Crippen molar-refractivity contribution in [2.24, 2.45) is 5.73 Å². The molecule has 0 aromatic carbocycles. The summed E-state index contributed by atoms with van der Waals surface area (Å²) in [6.07, 6.45) is 5.62. The van der Waals surface area contributed by atoms with Crippen molar-refractivity contribution < 1.29 is 0 Å². The fourth-order valence-corrected chi connectivity index (χ4v) is 0.840. The minimum absolute atomic E-state index is 0.755. The quantitative estimate of drug-likeness (QED) is 0.619. The molecule has 0 aromatic rings. The van der Waals surface area contributed by atoms with Crippen molar-refractivity contribution in [2.45, 2.75) is 19.8 Å². The van der Waals surface area contributed by atoms with Gasteiger partial charge in [-0.25, -0.2) is 0 Å². The van der Waals surface area contributed by atoms with E-state index in [1.54, 1.807) is 0 Å². The lowest BCUT2D eigenvalue weighted by atomic mass is 10.3. The van der Waals surface area contributed by atoms with E-state index < -0.39 is 0 Å². The molecule has 0 fully saturated rings. The van der Waals surface area contributed by atoms with Crippen LogP contribution >= 0.6 is 34.2 Å². The van der Waals surface area contributed by atoms with Crippen LogP contribution in [0.15, 0.2) is 20.9 Å². The van der Waals surface area contributed by atoms with Crippen LogP contribution in [0.3, 0.4) is 0 Å². The molecule has 0 bridgehead atoms. The third-order valence-corrected chi connectivity index (χ3v) is 2.60. The van der Waals surface area contributed by atoms with Gasteiger partial charge < -0.3 is 5.73 Å². The van der Waals surface area contributed by atoms with E-state index in [1.807, 2.05) is 6.08 Å². The van der Waals surface area contributed by atoms with Gasteiger partial charge >= 0.3 is 0 Å². The van der Waals surface area contributed by atoms with E-state index in [0.29, 0.717) is 0 Å². The number of hydrogen-bond acceptors (Lipinski definition) is 1. The second kappa shape index (κ2) is 6.04. The highest BCUT2D eigenvalue weighted by Crippen LogP contribution is 2.20. The van der Waals surface area contributed by atoms with Crippen LogP contribution in [0.4, 0.5) is 0 Å². The molecule has 2 N–H and O–H groups in total. The Labute approximate surface area is 80.5 Å². The Kier molecular flexibility index (Phi) is 6.22. The van der Waals surface area contributed by atoms with Crippen molar-refractivity contribution in [1.29, 1.82) is 0 Å². The molecule has 3 heteroatoms. The standard InChI is InChI=1S/C7H11ClIN/c1-2-3-4-6(8)7(9)5-10/h4-5H,2-3,10H2,1H3/b6-4-,7-5+. The first-order valence-electron chi connectivity index (χ1n) is 3.15. The van der Waals surface area contributed by atoms with Crippen LogP contribution in [0.5, 0.6) is 0 Å². The monoisotopic (exact) mass is 271 g/mol. The first-order valence-corrected chi connectivity index (χ1v) is 4.61. The molecule has 0 aliphatic rings. The van der Waals surface area contributed by atoms with Crippen molar-refractivity contribution in [3.63, 3.8) is 0 Å². The minimum Gasteiger partial charge on any atom is -0.404 e. The summed E-state index contributed by atoms with van der Waals surface area (Å²) in [7, 11) is 0. The number of rotatable bonds is 3. The Morgan fingerprint density at radius 2 is 2.30 bits per heavy atom. The third kappa shape index (κ3) is 4.17. The predicted octanol–water partition coefficient (Wildman–Crippen LogP) is 3.14. The molecular formula is C7H11ClIN. The summed E-state index contributed by atoms with van der Waals surface area (Å²) in [4.78, 5) is 0. The maximum atomic E-state index is 5.82. The average molecular weight is 272 g/mol. The number of allylic oxidation sites excluding steroid dienone is 3. The molecule has 0 radical (unpaired) electrons. The number of unbranched alkanes of at least 4 members (excludes halogenated alkanes) is 1. The van der Waals surface area contributed by atoms with Gasteiger partial charge in [0.25, 0.3) is 0 Å². The van der Waals surface area contributed by atoms with Gasteiger partial charge in [-0.2, -0.15) is 0 Å². The molecule has 0 amide bonds. The molecule has 0 aliphatic carbocycles. The normalized spacial score (nSPS) is 13.9. The Bertz CT molecular complexity index is 152. The van der Waals surface area contributed by atoms with Crippen molar-refractivity contribution in [2.75, 3.05) is 0 Å². The zero-order valence-electron chi connectivity index (χ0n) is 5.90. The topological polar surface area (TPSA) is 26.0 Å². The van der Waals surface area contributed by atoms with Crippen LogP contribution < -0.4 is 5.73 Å². The molecule has 0 unspecified atom stereocenters. The molecule has 0 atom stereocenters. The maximum absolute atomic E-state index is 5.82. The van der Waals surface area contributed by atoms with E-state index in [1.165, 1.54) is 6.20 Å². The van der Waals surface area contributed by atoms with Crippen LogP contribution in [-0.2, 0) is 0 Å². The van der Waals surface area contributed by atoms with Crippen molar-refractivity contribution >= 4 is 34.2 Å². The van der Waals surface area contributed by atoms with Gasteiger partial charge in [0.15, 0.2) is 0 Å². The lowest BCUT2D eigenvalue weighted by Gasteiger charge is -1.93. The van der Waals surface area contributed by atoms with Gasteiger partial charge in [0.05, 0.1) is 5.03 Å². The molecule has 0 aromatic heterocycles. The van der Waals surface area contributed by atoms with E-state index in [2.05, 4.69) is 29.5 Å². The molecule has 0 rings (SSSR count).